The van der Waals surface area contributed by atoms with Crippen LogP contribution in [-0.2, 0) is 31.2 Å². The summed E-state index contributed by atoms with van der Waals surface area (Å²) in [6.07, 6.45) is 11.6. The van der Waals surface area contributed by atoms with Gasteiger partial charge >= 0.3 is 204 Å². The Bertz CT molecular complexity index is 1100. The maximum absolute atomic E-state index is 2.64. The average Bonchev–Trinajstić information content (AvgIpc) is 3.48. The van der Waals surface area contributed by atoms with Gasteiger partial charge in [0.15, 0.2) is 0 Å². The first-order valence-corrected chi connectivity index (χ1v) is 20.8. The summed E-state index contributed by atoms with van der Waals surface area (Å²) in [7, 11) is 0. The van der Waals surface area contributed by atoms with Gasteiger partial charge in [-0.2, -0.15) is 0 Å². The summed E-state index contributed by atoms with van der Waals surface area (Å²) in [5.74, 6) is 0. The van der Waals surface area contributed by atoms with Gasteiger partial charge in [0.05, 0.1) is 0 Å². The molecule has 2 aromatic rings. The van der Waals surface area contributed by atoms with Crippen molar-refractivity contribution in [2.45, 2.75) is 87.3 Å². The van der Waals surface area contributed by atoms with Gasteiger partial charge < -0.3 is 24.8 Å². The third kappa shape index (κ3) is 5.18. The molecule has 1 aliphatic heterocycles. The number of rotatable bonds is 2. The molecule has 2 aromatic carbocycles. The van der Waals surface area contributed by atoms with E-state index in [0.717, 1.165) is 3.63 Å². The van der Waals surface area contributed by atoms with E-state index in [4.69, 9.17) is 0 Å². The summed E-state index contributed by atoms with van der Waals surface area (Å²) in [4.78, 5) is 0. The number of hydrogen-bond donors (Lipinski definition) is 0. The molecule has 0 amide bonds. The summed E-state index contributed by atoms with van der Waals surface area (Å²) >= 11 is -1.88. The van der Waals surface area contributed by atoms with Crippen LogP contribution in [-0.4, -0.2) is 5.43 Å². The Morgan fingerprint density at radius 2 is 1.26 bits per heavy atom. The summed E-state index contributed by atoms with van der Waals surface area (Å²) in [6, 6.07) is 18.2. The SMILES string of the molecule is CC(C)(C)c1ccc2c(c1)[CH]([Zr+2]([C]1=CC=CC1)=[Si]1CCCC1)c1cc(C(C)(C)C)ccc1-2.[Cl-].[Cl-]. The molecule has 0 nitrogen and oxygen atoms in total. The van der Waals surface area contributed by atoms with Crippen LogP contribution >= 0.6 is 0 Å². The Labute approximate surface area is 227 Å². The monoisotopic (exact) mass is 586 g/mol. The topological polar surface area (TPSA) is 0 Å². The zero-order valence-electron chi connectivity index (χ0n) is 21.6. The van der Waals surface area contributed by atoms with E-state index in [1.54, 1.807) is 34.3 Å². The van der Waals surface area contributed by atoms with E-state index < -0.39 is 20.4 Å². The zero-order valence-corrected chi connectivity index (χ0v) is 26.5. The standard InChI is InChI=1S/C21H25.C5H5.C4H8Si.2ClH.Zr/c1-20(2,3)16-7-9-18-14(12-16)11-15-13-17(21(4,5)6)8-10-19(15)18;2*1-2-4-5-3-1;;;/h7-13H,1-6H3;1-3H,4H2;1-4H2;2*1H;/q;;;;;+2/p-2. The van der Waals surface area contributed by atoms with Gasteiger partial charge in [-0.3, -0.25) is 0 Å². The first kappa shape index (κ1) is 28.2. The molecule has 4 heteroatoms. The van der Waals surface area contributed by atoms with Crippen molar-refractivity contribution >= 4 is 5.43 Å². The summed E-state index contributed by atoms with van der Waals surface area (Å²) in [5.41, 5.74) is 9.70. The fourth-order valence-corrected chi connectivity index (χ4v) is 29.8. The minimum Gasteiger partial charge on any atom is -1.00 e. The van der Waals surface area contributed by atoms with Gasteiger partial charge in [0.1, 0.15) is 0 Å². The quantitative estimate of drug-likeness (QED) is 0.474. The second-order valence-electron chi connectivity index (χ2n) is 12.1. The van der Waals surface area contributed by atoms with E-state index in [2.05, 4.69) is 96.2 Å². The minimum absolute atomic E-state index is 0. The molecule has 1 saturated heterocycles. The van der Waals surface area contributed by atoms with Crippen molar-refractivity contribution in [3.8, 4) is 11.1 Å². The average molecular weight is 589 g/mol. The summed E-state index contributed by atoms with van der Waals surface area (Å²) < 4.78 is 2.64. The molecule has 2 aliphatic carbocycles. The number of fused-ring (bicyclic) bond motifs is 3. The van der Waals surface area contributed by atoms with Gasteiger partial charge in [-0.05, 0) is 0 Å². The molecular formula is C30H38Cl2SiZr. The molecule has 180 valence electrons. The molecule has 0 atom stereocenters. The van der Waals surface area contributed by atoms with E-state index >= 15 is 0 Å². The number of hydrogen-bond acceptors (Lipinski definition) is 0. The Morgan fingerprint density at radius 1 is 0.765 bits per heavy atom. The minimum atomic E-state index is -1.88. The van der Waals surface area contributed by atoms with Gasteiger partial charge in [0, 0.05) is 0 Å². The first-order chi connectivity index (χ1) is 15.1. The molecule has 1 fully saturated rings. The van der Waals surface area contributed by atoms with Gasteiger partial charge in [-0.1, -0.05) is 0 Å². The molecule has 5 rings (SSSR count). The van der Waals surface area contributed by atoms with Crippen molar-refractivity contribution in [3.05, 3.63) is 80.2 Å². The molecule has 0 unspecified atom stereocenters. The van der Waals surface area contributed by atoms with Crippen LogP contribution in [0.4, 0.5) is 0 Å². The van der Waals surface area contributed by atoms with Crippen molar-refractivity contribution in [3.63, 3.8) is 0 Å². The summed E-state index contributed by atoms with van der Waals surface area (Å²) in [6.45, 7) is 14.2. The van der Waals surface area contributed by atoms with Crippen LogP contribution < -0.4 is 24.8 Å². The fraction of sp³-hybridized carbons (Fsp3) is 0.467. The van der Waals surface area contributed by atoms with Crippen molar-refractivity contribution in [1.82, 2.24) is 0 Å². The summed E-state index contributed by atoms with van der Waals surface area (Å²) in [5, 5.41) is 0. The Hall–Kier alpha value is -0.400. The van der Waals surface area contributed by atoms with Crippen molar-refractivity contribution in [2.75, 3.05) is 0 Å². The van der Waals surface area contributed by atoms with Crippen LogP contribution in [0, 0.1) is 0 Å². The Morgan fingerprint density at radius 3 is 1.68 bits per heavy atom. The molecule has 34 heavy (non-hydrogen) atoms. The molecular weight excluding hydrogens is 551 g/mol. The third-order valence-electron chi connectivity index (χ3n) is 7.74. The largest absolute Gasteiger partial charge is 1.00 e. The van der Waals surface area contributed by atoms with Crippen LogP contribution in [0.25, 0.3) is 11.1 Å². The maximum Gasteiger partial charge on any atom is -1.00 e. The van der Waals surface area contributed by atoms with Crippen LogP contribution in [0.2, 0.25) is 12.1 Å². The van der Waals surface area contributed by atoms with Crippen LogP contribution in [0.5, 0.6) is 0 Å². The third-order valence-corrected chi connectivity index (χ3v) is 28.9. The van der Waals surface area contributed by atoms with Crippen LogP contribution in [0.3, 0.4) is 0 Å². The molecule has 1 heterocycles. The van der Waals surface area contributed by atoms with Gasteiger partial charge in [0.25, 0.3) is 0 Å². The number of benzene rings is 2. The normalized spacial score (nSPS) is 16.9. The number of allylic oxidation sites excluding steroid dienone is 4. The van der Waals surface area contributed by atoms with Crippen LogP contribution in [0.1, 0.15) is 86.7 Å². The van der Waals surface area contributed by atoms with Crippen molar-refractivity contribution in [1.29, 1.82) is 0 Å². The zero-order chi connectivity index (χ0) is 22.7. The molecule has 0 radical (unpaired) electrons. The molecule has 0 bridgehead atoms. The van der Waals surface area contributed by atoms with E-state index in [0.29, 0.717) is 0 Å². The first-order valence-electron chi connectivity index (χ1n) is 12.5. The van der Waals surface area contributed by atoms with Crippen molar-refractivity contribution < 1.29 is 45.2 Å². The Kier molecular flexibility index (Phi) is 8.73. The fourth-order valence-electron chi connectivity index (χ4n) is 5.84. The predicted molar refractivity (Wildman–Crippen MR) is 138 cm³/mol. The molecule has 3 aliphatic rings. The molecule has 0 saturated carbocycles. The second kappa shape index (κ2) is 10.5. The van der Waals surface area contributed by atoms with Gasteiger partial charge in [0.2, 0.25) is 0 Å². The molecule has 0 N–H and O–H groups in total. The molecule has 0 aromatic heterocycles. The smallest absolute Gasteiger partial charge is 1.00 e. The van der Waals surface area contributed by atoms with Gasteiger partial charge in [-0.25, -0.2) is 0 Å². The maximum atomic E-state index is 2.64. The van der Waals surface area contributed by atoms with Crippen LogP contribution in [0.15, 0.2) is 57.9 Å². The second-order valence-corrected chi connectivity index (χ2v) is 27.7. The Balaban J connectivity index is 0.00000162. The van der Waals surface area contributed by atoms with Crippen molar-refractivity contribution in [2.24, 2.45) is 0 Å². The van der Waals surface area contributed by atoms with E-state index in [-0.39, 0.29) is 41.1 Å². The van der Waals surface area contributed by atoms with Gasteiger partial charge in [-0.15, -0.1) is 0 Å². The number of halogens is 2. The van der Waals surface area contributed by atoms with E-state index in [1.165, 1.54) is 30.4 Å². The van der Waals surface area contributed by atoms with E-state index in [9.17, 15) is 0 Å². The molecule has 0 spiro atoms. The van der Waals surface area contributed by atoms with E-state index in [1.807, 2.05) is 3.28 Å². The predicted octanol–water partition coefficient (Wildman–Crippen LogP) is 2.61.